The number of aromatic nitrogens is 2. The lowest BCUT2D eigenvalue weighted by Gasteiger charge is -2.34. The van der Waals surface area contributed by atoms with Gasteiger partial charge in [0.05, 0.1) is 10.7 Å². The first-order valence-corrected chi connectivity index (χ1v) is 8.68. The summed E-state index contributed by atoms with van der Waals surface area (Å²) in [6.07, 6.45) is 1.55. The van der Waals surface area contributed by atoms with Crippen molar-refractivity contribution in [2.75, 3.05) is 36.4 Å². The third-order valence-electron chi connectivity index (χ3n) is 4.39. The van der Waals surface area contributed by atoms with E-state index in [2.05, 4.69) is 26.3 Å². The van der Waals surface area contributed by atoms with Crippen LogP contribution in [0.3, 0.4) is 0 Å². The Bertz CT molecular complexity index is 764. The second kappa shape index (κ2) is 7.27. The van der Waals surface area contributed by atoms with Gasteiger partial charge in [0.25, 0.3) is 0 Å². The molecule has 1 amide bonds. The molecule has 0 saturated carbocycles. The van der Waals surface area contributed by atoms with Crippen molar-refractivity contribution in [1.29, 1.82) is 0 Å². The van der Waals surface area contributed by atoms with Crippen LogP contribution in [-0.2, 0) is 4.79 Å². The van der Waals surface area contributed by atoms with E-state index in [0.717, 1.165) is 35.7 Å². The van der Waals surface area contributed by atoms with Crippen molar-refractivity contribution in [3.05, 3.63) is 40.7 Å². The number of hydrogen-bond donors (Lipinski definition) is 1. The van der Waals surface area contributed by atoms with Crippen LogP contribution in [0.4, 0.5) is 17.3 Å². The van der Waals surface area contributed by atoms with E-state index < -0.39 is 0 Å². The van der Waals surface area contributed by atoms with Crippen molar-refractivity contribution < 1.29 is 4.79 Å². The number of aryl methyl sites for hydroxylation is 2. The van der Waals surface area contributed by atoms with Crippen LogP contribution in [0.2, 0.25) is 5.02 Å². The summed E-state index contributed by atoms with van der Waals surface area (Å²) in [5.41, 5.74) is 3.05. The molecule has 0 bridgehead atoms. The number of halogens is 1. The fourth-order valence-corrected chi connectivity index (χ4v) is 3.41. The number of hydrogen-bond acceptors (Lipinski definition) is 5. The number of amides is 1. The first-order valence-electron chi connectivity index (χ1n) is 8.30. The lowest BCUT2D eigenvalue weighted by molar-refractivity contribution is -0.129. The Labute approximate surface area is 152 Å². The summed E-state index contributed by atoms with van der Waals surface area (Å²) < 4.78 is 0. The zero-order chi connectivity index (χ0) is 18.0. The predicted octanol–water partition coefficient (Wildman–Crippen LogP) is 3.16. The molecule has 2 aromatic rings. The second-order valence-electron chi connectivity index (χ2n) is 6.32. The third-order valence-corrected chi connectivity index (χ3v) is 4.68. The van der Waals surface area contributed by atoms with E-state index in [1.54, 1.807) is 13.3 Å². The lowest BCUT2D eigenvalue weighted by atomic mass is 10.1. The van der Waals surface area contributed by atoms with Gasteiger partial charge in [-0.3, -0.25) is 4.79 Å². The molecule has 1 aromatic heterocycles. The molecule has 6 nitrogen and oxygen atoms in total. The number of rotatable bonds is 3. The summed E-state index contributed by atoms with van der Waals surface area (Å²) in [6.45, 7) is 8.60. The Kier molecular flexibility index (Phi) is 5.08. The molecular weight excluding hydrogens is 338 g/mol. The van der Waals surface area contributed by atoms with Gasteiger partial charge in [0, 0.05) is 39.2 Å². The topological polar surface area (TPSA) is 61.4 Å². The highest BCUT2D eigenvalue weighted by molar-refractivity contribution is 6.33. The van der Waals surface area contributed by atoms with Gasteiger partial charge in [0.2, 0.25) is 5.91 Å². The van der Waals surface area contributed by atoms with Gasteiger partial charge in [-0.1, -0.05) is 17.7 Å². The van der Waals surface area contributed by atoms with E-state index >= 15 is 0 Å². The maximum absolute atomic E-state index is 11.4. The highest BCUT2D eigenvalue weighted by Gasteiger charge is 2.20. The smallest absolute Gasteiger partial charge is 0.219 e. The van der Waals surface area contributed by atoms with E-state index in [9.17, 15) is 4.79 Å². The molecule has 7 heteroatoms. The van der Waals surface area contributed by atoms with Crippen LogP contribution < -0.4 is 10.2 Å². The summed E-state index contributed by atoms with van der Waals surface area (Å²) >= 11 is 6.37. The molecular formula is C18H22ClN5O. The summed E-state index contributed by atoms with van der Waals surface area (Å²) in [6, 6.07) is 5.93. The average Bonchev–Trinajstić information content (AvgIpc) is 2.58. The van der Waals surface area contributed by atoms with Crippen LogP contribution in [-0.4, -0.2) is 47.0 Å². The van der Waals surface area contributed by atoms with Gasteiger partial charge in [0.1, 0.15) is 18.0 Å². The normalized spacial score (nSPS) is 14.6. The van der Waals surface area contributed by atoms with Gasteiger partial charge in [0.15, 0.2) is 0 Å². The molecule has 25 heavy (non-hydrogen) atoms. The van der Waals surface area contributed by atoms with E-state index in [4.69, 9.17) is 11.6 Å². The minimum Gasteiger partial charge on any atom is -0.353 e. The molecule has 1 aromatic carbocycles. The van der Waals surface area contributed by atoms with Crippen LogP contribution >= 0.6 is 11.6 Å². The van der Waals surface area contributed by atoms with E-state index in [1.807, 2.05) is 30.9 Å². The average molecular weight is 360 g/mol. The monoisotopic (exact) mass is 359 g/mol. The molecule has 0 radical (unpaired) electrons. The SMILES string of the molecule is CC(=O)N1CCN(c2cc(Nc3c(C)cc(C)cc3Cl)ncn2)CC1. The Morgan fingerprint density at radius 2 is 1.84 bits per heavy atom. The largest absolute Gasteiger partial charge is 0.353 e. The first kappa shape index (κ1) is 17.5. The van der Waals surface area contributed by atoms with Crippen molar-refractivity contribution in [2.24, 2.45) is 0 Å². The number of nitrogens with one attached hydrogen (secondary N) is 1. The minimum absolute atomic E-state index is 0.120. The quantitative estimate of drug-likeness (QED) is 0.912. The van der Waals surface area contributed by atoms with Gasteiger partial charge >= 0.3 is 0 Å². The molecule has 0 atom stereocenters. The van der Waals surface area contributed by atoms with Crippen molar-refractivity contribution in [2.45, 2.75) is 20.8 Å². The number of piperazine rings is 1. The molecule has 0 aliphatic carbocycles. The Morgan fingerprint density at radius 3 is 2.48 bits per heavy atom. The molecule has 1 aliphatic heterocycles. The molecule has 1 saturated heterocycles. The van der Waals surface area contributed by atoms with Crippen molar-refractivity contribution in [1.82, 2.24) is 14.9 Å². The minimum atomic E-state index is 0.120. The van der Waals surface area contributed by atoms with Crippen molar-refractivity contribution in [3.8, 4) is 0 Å². The summed E-state index contributed by atoms with van der Waals surface area (Å²) in [7, 11) is 0. The van der Waals surface area contributed by atoms with Crippen LogP contribution in [0.15, 0.2) is 24.5 Å². The van der Waals surface area contributed by atoms with E-state index in [0.29, 0.717) is 23.9 Å². The number of carbonyl (C=O) groups excluding carboxylic acids is 1. The van der Waals surface area contributed by atoms with Gasteiger partial charge < -0.3 is 15.1 Å². The predicted molar refractivity (Wildman–Crippen MR) is 101 cm³/mol. The fraction of sp³-hybridized carbons (Fsp3) is 0.389. The number of benzene rings is 1. The molecule has 1 N–H and O–H groups in total. The van der Waals surface area contributed by atoms with Crippen LogP contribution in [0.25, 0.3) is 0 Å². The molecule has 1 fully saturated rings. The van der Waals surface area contributed by atoms with Crippen LogP contribution in [0.5, 0.6) is 0 Å². The number of nitrogens with zero attached hydrogens (tertiary/aromatic N) is 4. The summed E-state index contributed by atoms with van der Waals surface area (Å²) in [5, 5.41) is 3.97. The first-order chi connectivity index (χ1) is 11.9. The number of carbonyl (C=O) groups is 1. The molecule has 132 valence electrons. The molecule has 1 aliphatic rings. The van der Waals surface area contributed by atoms with Gasteiger partial charge in [-0.25, -0.2) is 9.97 Å². The molecule has 3 rings (SSSR count). The summed E-state index contributed by atoms with van der Waals surface area (Å²) in [5.74, 6) is 1.67. The highest BCUT2D eigenvalue weighted by atomic mass is 35.5. The Hall–Kier alpha value is -2.34. The number of anilines is 3. The van der Waals surface area contributed by atoms with Crippen LogP contribution in [0.1, 0.15) is 18.1 Å². The van der Waals surface area contributed by atoms with Gasteiger partial charge in [-0.05, 0) is 31.0 Å². The zero-order valence-corrected chi connectivity index (χ0v) is 15.5. The highest BCUT2D eigenvalue weighted by Crippen LogP contribution is 2.30. The van der Waals surface area contributed by atoms with Gasteiger partial charge in [-0.15, -0.1) is 0 Å². The van der Waals surface area contributed by atoms with Crippen molar-refractivity contribution >= 4 is 34.8 Å². The third kappa shape index (κ3) is 4.02. The summed E-state index contributed by atoms with van der Waals surface area (Å²) in [4.78, 5) is 24.1. The maximum atomic E-state index is 11.4. The Balaban J connectivity index is 1.76. The second-order valence-corrected chi connectivity index (χ2v) is 6.73. The Morgan fingerprint density at radius 1 is 1.12 bits per heavy atom. The lowest BCUT2D eigenvalue weighted by Crippen LogP contribution is -2.48. The fourth-order valence-electron chi connectivity index (χ4n) is 3.04. The molecule has 2 heterocycles. The van der Waals surface area contributed by atoms with Crippen molar-refractivity contribution in [3.63, 3.8) is 0 Å². The van der Waals surface area contributed by atoms with Crippen LogP contribution in [0, 0.1) is 13.8 Å². The van der Waals surface area contributed by atoms with E-state index in [1.165, 1.54) is 0 Å². The standard InChI is InChI=1S/C18H22ClN5O/c1-12-8-13(2)18(15(19)9-12)22-16-10-17(21-11-20-16)24-6-4-23(5-7-24)14(3)25/h8-11H,4-7H2,1-3H3,(H,20,21,22). The van der Waals surface area contributed by atoms with Gasteiger partial charge in [-0.2, -0.15) is 0 Å². The zero-order valence-electron chi connectivity index (χ0n) is 14.7. The molecule has 0 spiro atoms. The maximum Gasteiger partial charge on any atom is 0.219 e. The van der Waals surface area contributed by atoms with E-state index in [-0.39, 0.29) is 5.91 Å². The molecule has 0 unspecified atom stereocenters.